The molecule has 0 aromatic heterocycles. The standard InChI is InChI=1S/C20H33O2P/c1-4-7-15-20(16-8-5-2,17-9-6-3)19(21)23-22-18-13-11-10-12-14-18/h10-14,23H,4-9,15-17H2,1-3H3. The van der Waals surface area contributed by atoms with Gasteiger partial charge in [0.25, 0.3) is 0 Å². The van der Waals surface area contributed by atoms with E-state index in [1.54, 1.807) is 0 Å². The number of hydrogen-bond donors (Lipinski definition) is 0. The lowest BCUT2D eigenvalue weighted by atomic mass is 9.75. The smallest absolute Gasteiger partial charge is 0.197 e. The number of carbonyl (C=O) groups excluding carboxylic acids is 1. The minimum absolute atomic E-state index is 0.0703. The van der Waals surface area contributed by atoms with Gasteiger partial charge in [0, 0.05) is 5.41 Å². The first-order valence-electron chi connectivity index (χ1n) is 9.21. The van der Waals surface area contributed by atoms with Crippen LogP contribution in [0.4, 0.5) is 0 Å². The Morgan fingerprint density at radius 1 is 0.913 bits per heavy atom. The van der Waals surface area contributed by atoms with Crippen molar-refractivity contribution in [2.45, 2.75) is 78.6 Å². The fraction of sp³-hybridized carbons (Fsp3) is 0.650. The first-order valence-corrected chi connectivity index (χ1v) is 10.1. The molecular formula is C20H33O2P. The second kappa shape index (κ2) is 11.6. The number of unbranched alkanes of at least 4 members (excludes halogenated alkanes) is 3. The maximum absolute atomic E-state index is 13.0. The lowest BCUT2D eigenvalue weighted by molar-refractivity contribution is -0.122. The van der Waals surface area contributed by atoms with Gasteiger partial charge in [-0.25, -0.2) is 0 Å². The van der Waals surface area contributed by atoms with Crippen molar-refractivity contribution in [2.24, 2.45) is 5.41 Å². The maximum atomic E-state index is 13.0. The van der Waals surface area contributed by atoms with Gasteiger partial charge in [-0.1, -0.05) is 77.5 Å². The monoisotopic (exact) mass is 336 g/mol. The molecule has 23 heavy (non-hydrogen) atoms. The number of benzene rings is 1. The first-order chi connectivity index (χ1) is 11.2. The second-order valence-electron chi connectivity index (χ2n) is 6.44. The van der Waals surface area contributed by atoms with Crippen molar-refractivity contribution in [2.75, 3.05) is 0 Å². The van der Waals surface area contributed by atoms with Crippen LogP contribution in [0.15, 0.2) is 30.3 Å². The fourth-order valence-electron chi connectivity index (χ4n) is 2.96. The molecule has 3 heteroatoms. The highest BCUT2D eigenvalue weighted by Crippen LogP contribution is 2.43. The third-order valence-corrected chi connectivity index (χ3v) is 5.57. The first kappa shape index (κ1) is 20.2. The van der Waals surface area contributed by atoms with Gasteiger partial charge in [-0.2, -0.15) is 0 Å². The summed E-state index contributed by atoms with van der Waals surface area (Å²) in [4.78, 5) is 13.0. The van der Waals surface area contributed by atoms with E-state index in [0.29, 0.717) is 5.52 Å². The van der Waals surface area contributed by atoms with E-state index in [-0.39, 0.29) is 14.2 Å². The van der Waals surface area contributed by atoms with Crippen molar-refractivity contribution in [1.82, 2.24) is 0 Å². The molecule has 0 bridgehead atoms. The van der Waals surface area contributed by atoms with Gasteiger partial charge in [0.15, 0.2) is 5.52 Å². The molecule has 0 amide bonds. The van der Waals surface area contributed by atoms with Gasteiger partial charge in [-0.15, -0.1) is 0 Å². The molecule has 0 aliphatic carbocycles. The second-order valence-corrected chi connectivity index (χ2v) is 7.30. The summed E-state index contributed by atoms with van der Waals surface area (Å²) in [6.45, 7) is 6.62. The van der Waals surface area contributed by atoms with Crippen LogP contribution in [0.2, 0.25) is 0 Å². The van der Waals surface area contributed by atoms with E-state index >= 15 is 0 Å². The highest BCUT2D eigenvalue weighted by Gasteiger charge is 2.36. The van der Waals surface area contributed by atoms with Crippen LogP contribution in [0.3, 0.4) is 0 Å². The summed E-state index contributed by atoms with van der Waals surface area (Å²) in [5.74, 6) is 0.801. The summed E-state index contributed by atoms with van der Waals surface area (Å²) in [5.41, 5.74) is 0.173. The van der Waals surface area contributed by atoms with E-state index in [0.717, 1.165) is 63.5 Å². The van der Waals surface area contributed by atoms with Crippen LogP contribution in [-0.4, -0.2) is 5.52 Å². The molecule has 1 aromatic carbocycles. The molecule has 0 fully saturated rings. The van der Waals surface area contributed by atoms with Gasteiger partial charge in [0.05, 0.1) is 0 Å². The van der Waals surface area contributed by atoms with Crippen molar-refractivity contribution in [3.63, 3.8) is 0 Å². The van der Waals surface area contributed by atoms with Gasteiger partial charge in [-0.3, -0.25) is 4.79 Å². The Balaban J connectivity index is 2.78. The fourth-order valence-corrected chi connectivity index (χ4v) is 3.90. The summed E-state index contributed by atoms with van der Waals surface area (Å²) < 4.78 is 5.79. The van der Waals surface area contributed by atoms with Crippen LogP contribution in [0.25, 0.3) is 0 Å². The van der Waals surface area contributed by atoms with Crippen LogP contribution in [0.5, 0.6) is 5.75 Å². The Morgan fingerprint density at radius 2 is 1.39 bits per heavy atom. The van der Waals surface area contributed by atoms with E-state index in [4.69, 9.17) is 4.52 Å². The largest absolute Gasteiger partial charge is 0.469 e. The van der Waals surface area contributed by atoms with Gasteiger partial charge >= 0.3 is 0 Å². The van der Waals surface area contributed by atoms with Crippen molar-refractivity contribution < 1.29 is 9.32 Å². The van der Waals surface area contributed by atoms with Crippen molar-refractivity contribution in [3.05, 3.63) is 30.3 Å². The average molecular weight is 336 g/mol. The summed E-state index contributed by atoms with van der Waals surface area (Å²) in [6, 6.07) is 9.70. The van der Waals surface area contributed by atoms with Crippen LogP contribution < -0.4 is 4.52 Å². The minimum atomic E-state index is -0.157. The highest BCUT2D eigenvalue weighted by molar-refractivity contribution is 7.53. The minimum Gasteiger partial charge on any atom is -0.469 e. The predicted molar refractivity (Wildman–Crippen MR) is 101 cm³/mol. The average Bonchev–Trinajstić information content (AvgIpc) is 2.60. The molecule has 2 nitrogen and oxygen atoms in total. The molecule has 0 spiro atoms. The quantitative estimate of drug-likeness (QED) is 0.373. The Labute approximate surface area is 144 Å². The molecule has 0 aliphatic rings. The predicted octanol–water partition coefficient (Wildman–Crippen LogP) is 6.74. The van der Waals surface area contributed by atoms with E-state index in [1.807, 2.05) is 30.3 Å². The van der Waals surface area contributed by atoms with E-state index < -0.39 is 0 Å². The SMILES string of the molecule is CCCCC(CCCC)(CCCC)C(=O)POc1ccccc1. The van der Waals surface area contributed by atoms with Crippen molar-refractivity contribution >= 4 is 14.3 Å². The Kier molecular flexibility index (Phi) is 10.2. The molecule has 130 valence electrons. The number of para-hydroxylation sites is 1. The molecule has 0 radical (unpaired) electrons. The van der Waals surface area contributed by atoms with E-state index in [9.17, 15) is 4.79 Å². The summed E-state index contributed by atoms with van der Waals surface area (Å²) in [6.07, 6.45) is 9.91. The van der Waals surface area contributed by atoms with E-state index in [2.05, 4.69) is 20.8 Å². The Hall–Kier alpha value is -0.880. The molecule has 0 saturated heterocycles. The Bertz CT molecular complexity index is 409. The maximum Gasteiger partial charge on any atom is 0.197 e. The number of rotatable bonds is 13. The van der Waals surface area contributed by atoms with Crippen molar-refractivity contribution in [3.8, 4) is 5.75 Å². The van der Waals surface area contributed by atoms with Gasteiger partial charge in [0.2, 0.25) is 0 Å². The normalized spacial score (nSPS) is 12.0. The Morgan fingerprint density at radius 3 is 1.83 bits per heavy atom. The van der Waals surface area contributed by atoms with Crippen LogP contribution >= 0.6 is 8.81 Å². The highest BCUT2D eigenvalue weighted by atomic mass is 31.1. The molecule has 0 aliphatic heterocycles. The third-order valence-electron chi connectivity index (χ3n) is 4.51. The van der Waals surface area contributed by atoms with Gasteiger partial charge in [-0.05, 0) is 31.4 Å². The lowest BCUT2D eigenvalue weighted by Gasteiger charge is -2.32. The topological polar surface area (TPSA) is 26.3 Å². The van der Waals surface area contributed by atoms with Crippen molar-refractivity contribution in [1.29, 1.82) is 0 Å². The zero-order chi connectivity index (χ0) is 17.0. The zero-order valence-corrected chi connectivity index (χ0v) is 16.1. The molecule has 1 rings (SSSR count). The van der Waals surface area contributed by atoms with Crippen LogP contribution in [0, 0.1) is 5.41 Å². The van der Waals surface area contributed by atoms with Crippen LogP contribution in [-0.2, 0) is 4.79 Å². The van der Waals surface area contributed by atoms with Gasteiger partial charge in [0.1, 0.15) is 14.6 Å². The molecule has 1 atom stereocenters. The molecule has 1 unspecified atom stereocenters. The van der Waals surface area contributed by atoms with Gasteiger partial charge < -0.3 is 4.52 Å². The summed E-state index contributed by atoms with van der Waals surface area (Å²) in [7, 11) is -0.0703. The molecule has 0 N–H and O–H groups in total. The molecule has 0 heterocycles. The van der Waals surface area contributed by atoms with E-state index in [1.165, 1.54) is 0 Å². The molecule has 0 saturated carbocycles. The summed E-state index contributed by atoms with van der Waals surface area (Å²) >= 11 is 0. The molecule has 1 aromatic rings. The third kappa shape index (κ3) is 7.04. The zero-order valence-electron chi connectivity index (χ0n) is 15.1. The lowest BCUT2D eigenvalue weighted by Crippen LogP contribution is -2.29. The summed E-state index contributed by atoms with van der Waals surface area (Å²) in [5, 5.41) is 0. The van der Waals surface area contributed by atoms with Crippen LogP contribution in [0.1, 0.15) is 78.6 Å². The number of carbonyl (C=O) groups is 1. The number of hydrogen-bond acceptors (Lipinski definition) is 2. The molecular weight excluding hydrogens is 303 g/mol.